The molecule has 0 radical (unpaired) electrons. The van der Waals surface area contributed by atoms with Gasteiger partial charge in [0.15, 0.2) is 0 Å². The van der Waals surface area contributed by atoms with Gasteiger partial charge in [-0.2, -0.15) is 0 Å². The third kappa shape index (κ3) is 3.68. The summed E-state index contributed by atoms with van der Waals surface area (Å²) in [6, 6.07) is 51.0. The number of fused-ring (bicyclic) bond motifs is 9. The zero-order valence-electron chi connectivity index (χ0n) is 32.8. The van der Waals surface area contributed by atoms with E-state index < -0.39 is 0 Å². The minimum atomic E-state index is 0.162. The first-order chi connectivity index (χ1) is 28.2. The summed E-state index contributed by atoms with van der Waals surface area (Å²) in [5.41, 5.74) is 19.7. The lowest BCUT2D eigenvalue weighted by molar-refractivity contribution is -0.0399. The predicted molar refractivity (Wildman–Crippen MR) is 233 cm³/mol. The van der Waals surface area contributed by atoms with Crippen molar-refractivity contribution in [3.63, 3.8) is 0 Å². The second-order valence-corrected chi connectivity index (χ2v) is 20.5. The summed E-state index contributed by atoms with van der Waals surface area (Å²) in [4.78, 5) is 0. The average Bonchev–Trinajstić information content (AvgIpc) is 3.83. The SMILES string of the molecule is c1ccc2c(c1)-c1ccc(-c3ccc4c5ccccc5n(-c5ccc6c(c5)C5(c7ccccc7-6)C6CC7CC(C6)CC5C7)c4c3)cc1C21C2CC3CC(C2)CC1C3. The standard InChI is InChI=1S/C56H49N/c1-4-10-49-43(7-1)45-16-13-36(29-51(45)55(49)38-21-32-19-33(23-38)24-39(55)22-32)37-14-17-48-47-9-3-6-12-53(47)57(54(48)30-37)42-15-18-46-44-8-2-5-11-50(44)56(52(46)31-42)40-25-34-20-35(27-40)28-41(56)26-34/h1-18,29-35,38-41H,19-28H2. The van der Waals surface area contributed by atoms with Gasteiger partial charge in [0.25, 0.3) is 0 Å². The monoisotopic (exact) mass is 735 g/mol. The number of para-hydroxylation sites is 1. The van der Waals surface area contributed by atoms with Gasteiger partial charge in [-0.25, -0.2) is 0 Å². The van der Waals surface area contributed by atoms with Crippen molar-refractivity contribution >= 4 is 21.8 Å². The first kappa shape index (κ1) is 31.2. The Balaban J connectivity index is 0.922. The molecule has 57 heavy (non-hydrogen) atoms. The topological polar surface area (TPSA) is 4.93 Å². The van der Waals surface area contributed by atoms with Crippen LogP contribution in [-0.4, -0.2) is 4.57 Å². The molecule has 8 bridgehead atoms. The number of hydrogen-bond donors (Lipinski definition) is 0. The quantitative estimate of drug-likeness (QED) is 0.167. The molecule has 8 fully saturated rings. The first-order valence-electron chi connectivity index (χ1n) is 22.7. The van der Waals surface area contributed by atoms with Crippen LogP contribution >= 0.6 is 0 Å². The van der Waals surface area contributed by atoms with Crippen LogP contribution < -0.4 is 0 Å². The van der Waals surface area contributed by atoms with E-state index in [1.807, 2.05) is 0 Å². The van der Waals surface area contributed by atoms with E-state index in [0.717, 1.165) is 47.3 Å². The normalized spacial score (nSPS) is 34.1. The van der Waals surface area contributed by atoms with Crippen molar-refractivity contribution in [3.8, 4) is 39.1 Å². The van der Waals surface area contributed by atoms with E-state index in [1.54, 1.807) is 22.3 Å². The van der Waals surface area contributed by atoms with Crippen LogP contribution in [0.4, 0.5) is 0 Å². The van der Waals surface area contributed by atoms with Gasteiger partial charge in [-0.15, -0.1) is 0 Å². The van der Waals surface area contributed by atoms with Crippen molar-refractivity contribution in [2.24, 2.45) is 47.3 Å². The van der Waals surface area contributed by atoms with E-state index >= 15 is 0 Å². The molecule has 1 nitrogen and oxygen atoms in total. The summed E-state index contributed by atoms with van der Waals surface area (Å²) < 4.78 is 2.63. The predicted octanol–water partition coefficient (Wildman–Crippen LogP) is 13.9. The number of aromatic nitrogens is 1. The smallest absolute Gasteiger partial charge is 0.0547 e. The minimum Gasteiger partial charge on any atom is -0.309 e. The van der Waals surface area contributed by atoms with Gasteiger partial charge < -0.3 is 4.57 Å². The number of rotatable bonds is 2. The molecule has 10 aliphatic carbocycles. The fraction of sp³-hybridized carbons (Fsp3) is 0.357. The van der Waals surface area contributed by atoms with E-state index in [1.165, 1.54) is 125 Å². The number of hydrogen-bond acceptors (Lipinski definition) is 0. The van der Waals surface area contributed by atoms with E-state index in [4.69, 9.17) is 0 Å². The Morgan fingerprint density at radius 3 is 1.42 bits per heavy atom. The van der Waals surface area contributed by atoms with E-state index in [9.17, 15) is 0 Å². The average molecular weight is 736 g/mol. The largest absolute Gasteiger partial charge is 0.309 e. The fourth-order valence-corrected chi connectivity index (χ4v) is 17.0. The van der Waals surface area contributed by atoms with E-state index in [2.05, 4.69) is 132 Å². The molecule has 7 aromatic rings. The second kappa shape index (κ2) is 10.6. The molecule has 1 aromatic heterocycles. The Morgan fingerprint density at radius 2 is 0.807 bits per heavy atom. The van der Waals surface area contributed by atoms with Gasteiger partial charge in [0.2, 0.25) is 0 Å². The molecular weight excluding hydrogens is 687 g/mol. The van der Waals surface area contributed by atoms with Gasteiger partial charge in [-0.1, -0.05) is 97.1 Å². The van der Waals surface area contributed by atoms with Crippen molar-refractivity contribution in [1.29, 1.82) is 0 Å². The highest BCUT2D eigenvalue weighted by molar-refractivity contribution is 6.10. The summed E-state index contributed by atoms with van der Waals surface area (Å²) in [7, 11) is 0. The summed E-state index contributed by atoms with van der Waals surface area (Å²) in [5.74, 6) is 6.88. The maximum Gasteiger partial charge on any atom is 0.0547 e. The van der Waals surface area contributed by atoms with Crippen molar-refractivity contribution < 1.29 is 0 Å². The van der Waals surface area contributed by atoms with Crippen molar-refractivity contribution in [2.75, 3.05) is 0 Å². The second-order valence-electron chi connectivity index (χ2n) is 20.5. The van der Waals surface area contributed by atoms with Crippen LogP contribution in [0.5, 0.6) is 0 Å². The Morgan fingerprint density at radius 1 is 0.351 bits per heavy atom. The molecule has 278 valence electrons. The van der Waals surface area contributed by atoms with Gasteiger partial charge in [-0.3, -0.25) is 0 Å². The molecule has 6 aromatic carbocycles. The van der Waals surface area contributed by atoms with Crippen LogP contribution in [-0.2, 0) is 10.8 Å². The molecular formula is C56H49N. The maximum atomic E-state index is 2.68. The molecule has 2 spiro atoms. The van der Waals surface area contributed by atoms with Crippen molar-refractivity contribution in [1.82, 2.24) is 4.57 Å². The highest BCUT2D eigenvalue weighted by Crippen LogP contribution is 2.71. The third-order valence-corrected chi connectivity index (χ3v) is 18.4. The van der Waals surface area contributed by atoms with Gasteiger partial charge >= 0.3 is 0 Å². The van der Waals surface area contributed by atoms with Crippen LogP contribution in [0.2, 0.25) is 0 Å². The Bertz CT molecular complexity index is 2840. The van der Waals surface area contributed by atoms with Gasteiger partial charge in [-0.05, 0) is 198 Å². The molecule has 0 amide bonds. The molecule has 0 unspecified atom stereocenters. The Kier molecular flexibility index (Phi) is 5.79. The minimum absolute atomic E-state index is 0.162. The molecule has 1 heteroatoms. The van der Waals surface area contributed by atoms with Crippen LogP contribution in [0.3, 0.4) is 0 Å². The number of benzene rings is 6. The van der Waals surface area contributed by atoms with Crippen LogP contribution in [0, 0.1) is 47.3 Å². The van der Waals surface area contributed by atoms with Gasteiger partial charge in [0.05, 0.1) is 11.0 Å². The Labute approximate surface area is 336 Å². The zero-order valence-corrected chi connectivity index (χ0v) is 32.8. The fourth-order valence-electron chi connectivity index (χ4n) is 17.0. The Hall–Kier alpha value is -4.88. The van der Waals surface area contributed by atoms with Gasteiger partial charge in [0, 0.05) is 27.3 Å². The lowest BCUT2D eigenvalue weighted by Gasteiger charge is -2.61. The zero-order chi connectivity index (χ0) is 36.8. The maximum absolute atomic E-state index is 2.68. The van der Waals surface area contributed by atoms with Crippen molar-refractivity contribution in [3.05, 3.63) is 150 Å². The van der Waals surface area contributed by atoms with Crippen molar-refractivity contribution in [2.45, 2.75) is 75.0 Å². The summed E-state index contributed by atoms with van der Waals surface area (Å²) in [6.07, 6.45) is 14.3. The van der Waals surface area contributed by atoms with E-state index in [-0.39, 0.29) is 10.8 Å². The molecule has 0 aliphatic heterocycles. The molecule has 0 saturated heterocycles. The molecule has 8 saturated carbocycles. The van der Waals surface area contributed by atoms with Crippen LogP contribution in [0.1, 0.15) is 86.5 Å². The highest BCUT2D eigenvalue weighted by Gasteiger charge is 2.63. The lowest BCUT2D eigenvalue weighted by Crippen LogP contribution is -2.55. The third-order valence-electron chi connectivity index (χ3n) is 18.4. The molecule has 10 aliphatic rings. The molecule has 1 heterocycles. The van der Waals surface area contributed by atoms with Crippen LogP contribution in [0.25, 0.3) is 60.9 Å². The molecule has 0 N–H and O–H groups in total. The summed E-state index contributed by atoms with van der Waals surface area (Å²) in [5, 5.41) is 2.71. The summed E-state index contributed by atoms with van der Waals surface area (Å²) >= 11 is 0. The molecule has 0 atom stereocenters. The lowest BCUT2D eigenvalue weighted by atomic mass is 9.43. The van der Waals surface area contributed by atoms with Gasteiger partial charge in [0.1, 0.15) is 0 Å². The number of nitrogens with zero attached hydrogens (tertiary/aromatic N) is 1. The van der Waals surface area contributed by atoms with Crippen LogP contribution in [0.15, 0.2) is 127 Å². The summed E-state index contributed by atoms with van der Waals surface area (Å²) in [6.45, 7) is 0. The highest BCUT2D eigenvalue weighted by atomic mass is 15.0. The first-order valence-corrected chi connectivity index (χ1v) is 22.7. The molecule has 17 rings (SSSR count). The van der Waals surface area contributed by atoms with E-state index in [0.29, 0.717) is 0 Å².